The Labute approximate surface area is 102 Å². The molecule has 1 aromatic rings. The molecule has 0 spiro atoms. The first-order valence-corrected chi connectivity index (χ1v) is 6.50. The first-order chi connectivity index (χ1) is 7.49. The lowest BCUT2D eigenvalue weighted by Gasteiger charge is -2.20. The Morgan fingerprint density at radius 1 is 1.25 bits per heavy atom. The van der Waals surface area contributed by atoms with Gasteiger partial charge in [-0.15, -0.1) is 5.10 Å². The molecule has 0 saturated carbocycles. The van der Waals surface area contributed by atoms with Crippen LogP contribution in [0, 0.1) is 6.92 Å². The minimum atomic E-state index is 0.220. The molecule has 0 atom stereocenters. The van der Waals surface area contributed by atoms with Crippen molar-refractivity contribution in [2.45, 2.75) is 46.2 Å². The number of aryl methyl sites for hydroxylation is 1. The molecule has 1 heterocycles. The number of aromatic nitrogens is 2. The Kier molecular flexibility index (Phi) is 5.31. The van der Waals surface area contributed by atoms with Crippen molar-refractivity contribution < 1.29 is 0 Å². The highest BCUT2D eigenvalue weighted by molar-refractivity contribution is 7.05. The van der Waals surface area contributed by atoms with E-state index in [1.165, 1.54) is 16.4 Å². The molecule has 5 heteroatoms. The van der Waals surface area contributed by atoms with Gasteiger partial charge in [0.15, 0.2) is 0 Å². The molecular weight excluding hydrogens is 220 g/mol. The molecular formula is C11H22N4S. The summed E-state index contributed by atoms with van der Waals surface area (Å²) in [6.07, 6.45) is 1.14. The zero-order valence-electron chi connectivity index (χ0n) is 10.6. The molecule has 1 aromatic heterocycles. The third kappa shape index (κ3) is 5.53. The molecule has 2 N–H and O–H groups in total. The van der Waals surface area contributed by atoms with E-state index in [0.29, 0.717) is 0 Å². The van der Waals surface area contributed by atoms with Gasteiger partial charge < -0.3 is 10.6 Å². The van der Waals surface area contributed by atoms with Crippen molar-refractivity contribution >= 4 is 11.5 Å². The van der Waals surface area contributed by atoms with Crippen molar-refractivity contribution in [3.8, 4) is 0 Å². The van der Waals surface area contributed by atoms with E-state index in [0.717, 1.165) is 31.7 Å². The van der Waals surface area contributed by atoms with E-state index in [9.17, 15) is 0 Å². The predicted molar refractivity (Wildman–Crippen MR) is 68.7 cm³/mol. The Morgan fingerprint density at radius 2 is 2.00 bits per heavy atom. The van der Waals surface area contributed by atoms with Crippen molar-refractivity contribution in [1.29, 1.82) is 0 Å². The smallest absolute Gasteiger partial charge is 0.0769 e. The third-order valence-corrected chi connectivity index (χ3v) is 3.04. The highest BCUT2D eigenvalue weighted by Gasteiger charge is 2.07. The van der Waals surface area contributed by atoms with Gasteiger partial charge in [0.2, 0.25) is 0 Å². The van der Waals surface area contributed by atoms with Gasteiger partial charge in [-0.3, -0.25) is 0 Å². The molecule has 1 rings (SSSR count). The van der Waals surface area contributed by atoms with E-state index in [-0.39, 0.29) is 5.54 Å². The fraction of sp³-hybridized carbons (Fsp3) is 0.818. The van der Waals surface area contributed by atoms with Crippen LogP contribution in [0.15, 0.2) is 0 Å². The maximum atomic E-state index is 3.98. The van der Waals surface area contributed by atoms with Gasteiger partial charge in [-0.05, 0) is 58.7 Å². The molecule has 0 amide bonds. The quantitative estimate of drug-likeness (QED) is 0.746. The van der Waals surface area contributed by atoms with Gasteiger partial charge in [0, 0.05) is 12.1 Å². The summed E-state index contributed by atoms with van der Waals surface area (Å²) >= 11 is 1.48. The van der Waals surface area contributed by atoms with Crippen molar-refractivity contribution in [1.82, 2.24) is 20.2 Å². The summed E-state index contributed by atoms with van der Waals surface area (Å²) in [5.74, 6) is 0. The van der Waals surface area contributed by atoms with Crippen LogP contribution >= 0.6 is 11.5 Å². The highest BCUT2D eigenvalue weighted by atomic mass is 32.1. The SMILES string of the molecule is Cc1nnsc1CNCCCNC(C)(C)C. The fourth-order valence-corrected chi connectivity index (χ4v) is 1.89. The fourth-order valence-electron chi connectivity index (χ4n) is 1.29. The molecule has 0 aliphatic carbocycles. The summed E-state index contributed by atoms with van der Waals surface area (Å²) in [5.41, 5.74) is 1.27. The average molecular weight is 242 g/mol. The summed E-state index contributed by atoms with van der Waals surface area (Å²) in [6, 6.07) is 0. The van der Waals surface area contributed by atoms with Crippen LogP contribution in [0.1, 0.15) is 37.8 Å². The second kappa shape index (κ2) is 6.27. The Balaban J connectivity index is 2.03. The normalized spacial score (nSPS) is 12.0. The van der Waals surface area contributed by atoms with Crippen molar-refractivity contribution in [3.05, 3.63) is 10.6 Å². The van der Waals surface area contributed by atoms with Gasteiger partial charge in [0.25, 0.3) is 0 Å². The Hall–Kier alpha value is -0.520. The lowest BCUT2D eigenvalue weighted by Crippen LogP contribution is -2.37. The summed E-state index contributed by atoms with van der Waals surface area (Å²) in [4.78, 5) is 1.24. The lowest BCUT2D eigenvalue weighted by atomic mass is 10.1. The number of rotatable bonds is 6. The van der Waals surface area contributed by atoms with Crippen LogP contribution in [-0.4, -0.2) is 28.2 Å². The van der Waals surface area contributed by atoms with Crippen molar-refractivity contribution in [2.24, 2.45) is 0 Å². The zero-order chi connectivity index (χ0) is 12.0. The van der Waals surface area contributed by atoms with Gasteiger partial charge in [0.05, 0.1) is 10.6 Å². The number of hydrogen-bond acceptors (Lipinski definition) is 5. The molecule has 0 aromatic carbocycles. The second-order valence-corrected chi connectivity index (χ2v) is 5.83. The van der Waals surface area contributed by atoms with Crippen molar-refractivity contribution in [3.63, 3.8) is 0 Å². The molecule has 0 fully saturated rings. The van der Waals surface area contributed by atoms with Gasteiger partial charge in [-0.1, -0.05) is 4.49 Å². The van der Waals surface area contributed by atoms with E-state index in [2.05, 4.69) is 41.0 Å². The van der Waals surface area contributed by atoms with E-state index in [1.54, 1.807) is 0 Å². The minimum absolute atomic E-state index is 0.220. The molecule has 0 saturated heterocycles. The third-order valence-electron chi connectivity index (χ3n) is 2.22. The Morgan fingerprint density at radius 3 is 2.56 bits per heavy atom. The zero-order valence-corrected chi connectivity index (χ0v) is 11.4. The van der Waals surface area contributed by atoms with E-state index in [1.807, 2.05) is 6.92 Å². The van der Waals surface area contributed by atoms with Crippen LogP contribution in [0.25, 0.3) is 0 Å². The predicted octanol–water partition coefficient (Wildman–Crippen LogP) is 1.71. The molecule has 16 heavy (non-hydrogen) atoms. The van der Waals surface area contributed by atoms with Crippen LogP contribution in [0.2, 0.25) is 0 Å². The molecule has 0 bridgehead atoms. The van der Waals surface area contributed by atoms with Gasteiger partial charge in [-0.2, -0.15) is 0 Å². The lowest BCUT2D eigenvalue weighted by molar-refractivity contribution is 0.418. The first kappa shape index (κ1) is 13.5. The van der Waals surface area contributed by atoms with Crippen LogP contribution in [-0.2, 0) is 6.54 Å². The van der Waals surface area contributed by atoms with Crippen molar-refractivity contribution in [2.75, 3.05) is 13.1 Å². The van der Waals surface area contributed by atoms with Crippen LogP contribution in [0.3, 0.4) is 0 Å². The standard InChI is InChI=1S/C11H22N4S/c1-9-10(16-15-14-9)8-12-6-5-7-13-11(2,3)4/h12-13H,5-8H2,1-4H3. The average Bonchev–Trinajstić information content (AvgIpc) is 2.56. The number of nitrogens with one attached hydrogen (secondary N) is 2. The van der Waals surface area contributed by atoms with E-state index in [4.69, 9.17) is 0 Å². The molecule has 0 unspecified atom stereocenters. The van der Waals surface area contributed by atoms with Gasteiger partial charge in [-0.25, -0.2) is 0 Å². The monoisotopic (exact) mass is 242 g/mol. The minimum Gasteiger partial charge on any atom is -0.312 e. The van der Waals surface area contributed by atoms with Gasteiger partial charge in [0.1, 0.15) is 0 Å². The van der Waals surface area contributed by atoms with E-state index >= 15 is 0 Å². The molecule has 0 radical (unpaired) electrons. The topological polar surface area (TPSA) is 49.8 Å². The number of hydrogen-bond donors (Lipinski definition) is 2. The molecule has 4 nitrogen and oxygen atoms in total. The maximum Gasteiger partial charge on any atom is 0.0769 e. The Bertz CT molecular complexity index is 303. The highest BCUT2D eigenvalue weighted by Crippen LogP contribution is 2.07. The van der Waals surface area contributed by atoms with Crippen LogP contribution < -0.4 is 10.6 Å². The summed E-state index contributed by atoms with van der Waals surface area (Å²) in [5, 5.41) is 10.9. The van der Waals surface area contributed by atoms with Gasteiger partial charge >= 0.3 is 0 Å². The maximum absolute atomic E-state index is 3.98. The summed E-state index contributed by atoms with van der Waals surface area (Å²) in [7, 11) is 0. The first-order valence-electron chi connectivity index (χ1n) is 5.72. The number of nitrogens with zero attached hydrogens (tertiary/aromatic N) is 2. The summed E-state index contributed by atoms with van der Waals surface area (Å²) in [6.45, 7) is 11.5. The molecule has 0 aliphatic rings. The largest absolute Gasteiger partial charge is 0.312 e. The van der Waals surface area contributed by atoms with Crippen LogP contribution in [0.4, 0.5) is 0 Å². The molecule has 0 aliphatic heterocycles. The summed E-state index contributed by atoms with van der Waals surface area (Å²) < 4.78 is 3.91. The van der Waals surface area contributed by atoms with Crippen LogP contribution in [0.5, 0.6) is 0 Å². The molecule has 92 valence electrons. The second-order valence-electron chi connectivity index (χ2n) is 4.99. The van der Waals surface area contributed by atoms with E-state index < -0.39 is 0 Å².